The van der Waals surface area contributed by atoms with Crippen LogP contribution in [0.4, 0.5) is 13.2 Å². The van der Waals surface area contributed by atoms with Crippen molar-refractivity contribution in [3.8, 4) is 5.75 Å². The van der Waals surface area contributed by atoms with Gasteiger partial charge >= 0.3 is 6.18 Å². The van der Waals surface area contributed by atoms with Crippen LogP contribution in [0, 0.1) is 0 Å². The molecule has 0 bridgehead atoms. The summed E-state index contributed by atoms with van der Waals surface area (Å²) in [4.78, 5) is 6.64. The highest BCUT2D eigenvalue weighted by Crippen LogP contribution is 2.43. The van der Waals surface area contributed by atoms with Gasteiger partial charge in [0.1, 0.15) is 5.75 Å². The SMILES string of the molecule is COc1ccc(CN2CCC3(C=Cc4ncccc43)CC2)cc1C(F)(F)F. The quantitative estimate of drug-likeness (QED) is 0.781. The first-order valence-electron chi connectivity index (χ1n) is 9.02. The number of ether oxygens (including phenoxy) is 1. The van der Waals surface area contributed by atoms with E-state index < -0.39 is 11.7 Å². The second kappa shape index (κ2) is 6.68. The van der Waals surface area contributed by atoms with Crippen LogP contribution in [0.5, 0.6) is 5.75 Å². The van der Waals surface area contributed by atoms with Gasteiger partial charge in [0, 0.05) is 18.2 Å². The highest BCUT2D eigenvalue weighted by molar-refractivity contribution is 5.62. The summed E-state index contributed by atoms with van der Waals surface area (Å²) < 4.78 is 44.5. The van der Waals surface area contributed by atoms with Crippen molar-refractivity contribution in [2.75, 3.05) is 20.2 Å². The molecule has 1 saturated heterocycles. The third kappa shape index (κ3) is 3.34. The Morgan fingerprint density at radius 1 is 1.19 bits per heavy atom. The van der Waals surface area contributed by atoms with Gasteiger partial charge in [0.25, 0.3) is 0 Å². The fourth-order valence-electron chi connectivity index (χ4n) is 4.18. The molecular weight excluding hydrogens is 353 g/mol. The van der Waals surface area contributed by atoms with Gasteiger partial charge in [-0.1, -0.05) is 18.2 Å². The van der Waals surface area contributed by atoms with E-state index in [0.717, 1.165) is 31.6 Å². The highest BCUT2D eigenvalue weighted by atomic mass is 19.4. The van der Waals surface area contributed by atoms with E-state index in [1.807, 2.05) is 6.07 Å². The smallest absolute Gasteiger partial charge is 0.419 e. The van der Waals surface area contributed by atoms with Gasteiger partial charge in [-0.25, -0.2) is 0 Å². The number of aromatic nitrogens is 1. The van der Waals surface area contributed by atoms with Gasteiger partial charge < -0.3 is 4.74 Å². The van der Waals surface area contributed by atoms with Crippen LogP contribution >= 0.6 is 0 Å². The van der Waals surface area contributed by atoms with Crippen LogP contribution in [0.25, 0.3) is 6.08 Å². The summed E-state index contributed by atoms with van der Waals surface area (Å²) in [7, 11) is 1.26. The molecule has 4 rings (SSSR count). The number of methoxy groups -OCH3 is 1. The van der Waals surface area contributed by atoms with Crippen molar-refractivity contribution in [2.45, 2.75) is 31.0 Å². The summed E-state index contributed by atoms with van der Waals surface area (Å²) in [6.45, 7) is 2.19. The normalized spacial score (nSPS) is 18.7. The van der Waals surface area contributed by atoms with Crippen molar-refractivity contribution < 1.29 is 17.9 Å². The summed E-state index contributed by atoms with van der Waals surface area (Å²) in [5.41, 5.74) is 2.28. The number of rotatable bonds is 3. The van der Waals surface area contributed by atoms with E-state index in [1.54, 1.807) is 12.3 Å². The van der Waals surface area contributed by atoms with Crippen LogP contribution < -0.4 is 4.74 Å². The van der Waals surface area contributed by atoms with Crippen molar-refractivity contribution in [3.63, 3.8) is 0 Å². The van der Waals surface area contributed by atoms with E-state index in [0.29, 0.717) is 12.1 Å². The molecule has 0 unspecified atom stereocenters. The Hall–Kier alpha value is -2.34. The van der Waals surface area contributed by atoms with Gasteiger partial charge in [-0.3, -0.25) is 9.88 Å². The number of piperidine rings is 1. The third-order valence-corrected chi connectivity index (χ3v) is 5.66. The number of pyridine rings is 1. The minimum Gasteiger partial charge on any atom is -0.496 e. The minimum absolute atomic E-state index is 0.0249. The Morgan fingerprint density at radius 2 is 1.96 bits per heavy atom. The van der Waals surface area contributed by atoms with Crippen molar-refractivity contribution in [1.29, 1.82) is 0 Å². The zero-order valence-electron chi connectivity index (χ0n) is 15.1. The Morgan fingerprint density at radius 3 is 2.67 bits per heavy atom. The highest BCUT2D eigenvalue weighted by Gasteiger charge is 2.39. The lowest BCUT2D eigenvalue weighted by molar-refractivity contribution is -0.138. The molecule has 1 aliphatic heterocycles. The van der Waals surface area contributed by atoms with Crippen LogP contribution in [0.2, 0.25) is 0 Å². The second-order valence-electron chi connectivity index (χ2n) is 7.23. The van der Waals surface area contributed by atoms with E-state index in [4.69, 9.17) is 4.74 Å². The van der Waals surface area contributed by atoms with Gasteiger partial charge in [0.2, 0.25) is 0 Å². The number of nitrogens with zero attached hydrogens (tertiary/aromatic N) is 2. The molecule has 2 heterocycles. The Kier molecular flexibility index (Phi) is 4.46. The van der Waals surface area contributed by atoms with Crippen LogP contribution in [-0.2, 0) is 18.1 Å². The molecule has 0 saturated carbocycles. The van der Waals surface area contributed by atoms with Gasteiger partial charge in [0.15, 0.2) is 0 Å². The second-order valence-corrected chi connectivity index (χ2v) is 7.23. The molecule has 3 nitrogen and oxygen atoms in total. The Balaban J connectivity index is 1.47. The summed E-state index contributed by atoms with van der Waals surface area (Å²) in [6, 6.07) is 8.43. The molecule has 0 N–H and O–H groups in total. The molecule has 27 heavy (non-hydrogen) atoms. The lowest BCUT2D eigenvalue weighted by atomic mass is 9.75. The number of fused-ring (bicyclic) bond motifs is 2. The first-order chi connectivity index (χ1) is 12.9. The topological polar surface area (TPSA) is 25.4 Å². The number of allylic oxidation sites excluding steroid dienone is 1. The number of alkyl halides is 3. The fourth-order valence-corrected chi connectivity index (χ4v) is 4.18. The summed E-state index contributed by atoms with van der Waals surface area (Å²) >= 11 is 0. The zero-order chi connectivity index (χ0) is 19.1. The Labute approximate surface area is 156 Å². The number of likely N-dealkylation sites (tertiary alicyclic amines) is 1. The van der Waals surface area contributed by atoms with Crippen molar-refractivity contribution in [1.82, 2.24) is 9.88 Å². The largest absolute Gasteiger partial charge is 0.496 e. The number of hydrogen-bond donors (Lipinski definition) is 0. The Bertz CT molecular complexity index is 868. The van der Waals surface area contributed by atoms with E-state index >= 15 is 0 Å². The molecule has 1 aromatic heterocycles. The number of benzene rings is 1. The zero-order valence-corrected chi connectivity index (χ0v) is 15.1. The van der Waals surface area contributed by atoms with Gasteiger partial charge in [0.05, 0.1) is 18.4 Å². The van der Waals surface area contributed by atoms with Crippen molar-refractivity contribution in [2.24, 2.45) is 0 Å². The molecule has 2 aliphatic rings. The fraction of sp³-hybridized carbons (Fsp3) is 0.381. The molecule has 0 radical (unpaired) electrons. The number of halogens is 3. The summed E-state index contributed by atoms with van der Waals surface area (Å²) in [5, 5.41) is 0. The minimum atomic E-state index is -4.42. The lowest BCUT2D eigenvalue weighted by Gasteiger charge is -2.39. The maximum Gasteiger partial charge on any atom is 0.419 e. The maximum atomic E-state index is 13.2. The van der Waals surface area contributed by atoms with Gasteiger partial charge in [-0.2, -0.15) is 13.2 Å². The molecule has 1 fully saturated rings. The molecule has 0 amide bonds. The van der Waals surface area contributed by atoms with E-state index in [2.05, 4.69) is 28.1 Å². The molecule has 0 atom stereocenters. The molecule has 6 heteroatoms. The molecule has 1 spiro atoms. The predicted molar refractivity (Wildman–Crippen MR) is 97.5 cm³/mol. The van der Waals surface area contributed by atoms with E-state index in [9.17, 15) is 13.2 Å². The van der Waals surface area contributed by atoms with Crippen molar-refractivity contribution in [3.05, 3.63) is 65.0 Å². The van der Waals surface area contributed by atoms with Crippen molar-refractivity contribution >= 4 is 6.08 Å². The monoisotopic (exact) mass is 374 g/mol. The third-order valence-electron chi connectivity index (χ3n) is 5.66. The van der Waals surface area contributed by atoms with Gasteiger partial charge in [-0.05, 0) is 61.3 Å². The van der Waals surface area contributed by atoms with Crippen LogP contribution in [0.15, 0.2) is 42.6 Å². The molecule has 142 valence electrons. The summed E-state index contributed by atoms with van der Waals surface area (Å²) in [6.07, 6.45) is 3.62. The first kappa shape index (κ1) is 18.0. The maximum absolute atomic E-state index is 13.2. The number of hydrogen-bond acceptors (Lipinski definition) is 3. The standard InChI is InChI=1S/C21H21F3N2O/c1-27-19-5-4-15(13-17(19)21(22,23)24)14-26-11-8-20(9-12-26)7-6-18-16(20)3-2-10-25-18/h2-7,10,13H,8-9,11-12,14H2,1H3. The van der Waals surface area contributed by atoms with E-state index in [1.165, 1.54) is 24.8 Å². The average molecular weight is 374 g/mol. The molecular formula is C21H21F3N2O. The van der Waals surface area contributed by atoms with E-state index in [-0.39, 0.29) is 11.2 Å². The van der Waals surface area contributed by atoms with Crippen LogP contribution in [0.1, 0.15) is 35.2 Å². The molecule has 1 aromatic carbocycles. The van der Waals surface area contributed by atoms with Gasteiger partial charge in [-0.15, -0.1) is 0 Å². The van der Waals surface area contributed by atoms with Crippen LogP contribution in [-0.4, -0.2) is 30.1 Å². The molecule has 2 aromatic rings. The average Bonchev–Trinajstić information content (AvgIpc) is 3.02. The molecule has 1 aliphatic carbocycles. The first-order valence-corrected chi connectivity index (χ1v) is 9.02. The lowest BCUT2D eigenvalue weighted by Crippen LogP contribution is -2.40. The van der Waals surface area contributed by atoms with Crippen LogP contribution in [0.3, 0.4) is 0 Å². The summed E-state index contributed by atoms with van der Waals surface area (Å²) in [5.74, 6) is -0.135. The predicted octanol–water partition coefficient (Wildman–Crippen LogP) is 4.67.